The second-order valence-corrected chi connectivity index (χ2v) is 7.33. The Morgan fingerprint density at radius 2 is 1.81 bits per heavy atom. The van der Waals surface area contributed by atoms with Gasteiger partial charge in [0.05, 0.1) is 5.69 Å². The molecule has 0 amide bonds. The minimum absolute atomic E-state index is 0.276. The SMILES string of the molecule is CCC(C)n1ccc(CC(N)C2CCC(C(C)C)CC2)n1. The smallest absolute Gasteiger partial charge is 0.0640 e. The standard InChI is InChI=1S/C18H33N3/c1-5-14(4)21-11-10-17(20-21)12-18(19)16-8-6-15(7-9-16)13(2)3/h10-11,13-16,18H,5-9,12,19H2,1-4H3. The summed E-state index contributed by atoms with van der Waals surface area (Å²) in [4.78, 5) is 0. The fourth-order valence-corrected chi connectivity index (χ4v) is 3.57. The van der Waals surface area contributed by atoms with Crippen LogP contribution in [0.3, 0.4) is 0 Å². The second-order valence-electron chi connectivity index (χ2n) is 7.33. The maximum atomic E-state index is 6.47. The van der Waals surface area contributed by atoms with E-state index in [0.717, 1.165) is 30.4 Å². The third-order valence-electron chi connectivity index (χ3n) is 5.52. The molecule has 21 heavy (non-hydrogen) atoms. The van der Waals surface area contributed by atoms with E-state index in [9.17, 15) is 0 Å². The summed E-state index contributed by atoms with van der Waals surface area (Å²) in [6.45, 7) is 9.12. The zero-order chi connectivity index (χ0) is 15.4. The van der Waals surface area contributed by atoms with E-state index in [1.165, 1.54) is 25.7 Å². The summed E-state index contributed by atoms with van der Waals surface area (Å²) in [7, 11) is 0. The molecule has 2 unspecified atom stereocenters. The Morgan fingerprint density at radius 1 is 1.19 bits per heavy atom. The average Bonchev–Trinajstić information content (AvgIpc) is 2.95. The highest BCUT2D eigenvalue weighted by Crippen LogP contribution is 2.34. The van der Waals surface area contributed by atoms with E-state index in [-0.39, 0.29) is 6.04 Å². The molecule has 0 saturated heterocycles. The van der Waals surface area contributed by atoms with E-state index in [0.29, 0.717) is 12.0 Å². The topological polar surface area (TPSA) is 43.8 Å². The van der Waals surface area contributed by atoms with Gasteiger partial charge in [-0.3, -0.25) is 4.68 Å². The highest BCUT2D eigenvalue weighted by atomic mass is 15.3. The van der Waals surface area contributed by atoms with Gasteiger partial charge >= 0.3 is 0 Å². The van der Waals surface area contributed by atoms with Crippen molar-refractivity contribution in [1.82, 2.24) is 9.78 Å². The van der Waals surface area contributed by atoms with Crippen molar-refractivity contribution in [3.63, 3.8) is 0 Å². The molecule has 0 radical (unpaired) electrons. The van der Waals surface area contributed by atoms with Crippen molar-refractivity contribution in [2.45, 2.75) is 78.3 Å². The van der Waals surface area contributed by atoms with Crippen LogP contribution in [0.4, 0.5) is 0 Å². The number of hydrogen-bond acceptors (Lipinski definition) is 2. The van der Waals surface area contributed by atoms with Gasteiger partial charge in [0, 0.05) is 24.7 Å². The first-order chi connectivity index (χ1) is 10.0. The van der Waals surface area contributed by atoms with Crippen molar-refractivity contribution < 1.29 is 0 Å². The van der Waals surface area contributed by atoms with Gasteiger partial charge in [0.1, 0.15) is 0 Å². The van der Waals surface area contributed by atoms with Gasteiger partial charge in [-0.1, -0.05) is 20.8 Å². The predicted octanol–water partition coefficient (Wildman–Crippen LogP) is 4.19. The second kappa shape index (κ2) is 7.44. The van der Waals surface area contributed by atoms with Gasteiger partial charge in [0.2, 0.25) is 0 Å². The Kier molecular flexibility index (Phi) is 5.86. The molecular formula is C18H33N3. The minimum Gasteiger partial charge on any atom is -0.327 e. The van der Waals surface area contributed by atoms with Crippen LogP contribution in [0, 0.1) is 17.8 Å². The molecule has 120 valence electrons. The lowest BCUT2D eigenvalue weighted by atomic mass is 9.74. The van der Waals surface area contributed by atoms with Crippen molar-refractivity contribution >= 4 is 0 Å². The van der Waals surface area contributed by atoms with Crippen LogP contribution in [0.2, 0.25) is 0 Å². The maximum Gasteiger partial charge on any atom is 0.0640 e. The fraction of sp³-hybridized carbons (Fsp3) is 0.833. The molecule has 0 bridgehead atoms. The lowest BCUT2D eigenvalue weighted by molar-refractivity contribution is 0.202. The summed E-state index contributed by atoms with van der Waals surface area (Å²) in [6, 6.07) is 2.90. The Hall–Kier alpha value is -0.830. The van der Waals surface area contributed by atoms with E-state index in [2.05, 4.69) is 44.6 Å². The predicted molar refractivity (Wildman–Crippen MR) is 89.2 cm³/mol. The third-order valence-corrected chi connectivity index (χ3v) is 5.52. The quantitative estimate of drug-likeness (QED) is 0.854. The van der Waals surface area contributed by atoms with Crippen LogP contribution in [0.25, 0.3) is 0 Å². The lowest BCUT2D eigenvalue weighted by Crippen LogP contribution is -2.35. The van der Waals surface area contributed by atoms with Crippen LogP contribution in [-0.2, 0) is 6.42 Å². The Morgan fingerprint density at radius 3 is 2.38 bits per heavy atom. The Balaban J connectivity index is 1.84. The van der Waals surface area contributed by atoms with Gasteiger partial charge in [-0.2, -0.15) is 5.10 Å². The third kappa shape index (κ3) is 4.32. The Labute approximate surface area is 130 Å². The molecule has 3 nitrogen and oxygen atoms in total. The molecule has 2 rings (SSSR count). The van der Waals surface area contributed by atoms with Crippen LogP contribution >= 0.6 is 0 Å². The largest absolute Gasteiger partial charge is 0.327 e. The zero-order valence-corrected chi connectivity index (χ0v) is 14.3. The van der Waals surface area contributed by atoms with Crippen molar-refractivity contribution in [3.8, 4) is 0 Å². The molecule has 2 N–H and O–H groups in total. The molecule has 0 aromatic carbocycles. The van der Waals surface area contributed by atoms with Crippen LogP contribution in [-0.4, -0.2) is 15.8 Å². The minimum atomic E-state index is 0.276. The summed E-state index contributed by atoms with van der Waals surface area (Å²) in [5.41, 5.74) is 7.63. The van der Waals surface area contributed by atoms with E-state index >= 15 is 0 Å². The number of nitrogens with zero attached hydrogens (tertiary/aromatic N) is 2. The summed E-state index contributed by atoms with van der Waals surface area (Å²) in [5, 5.41) is 4.70. The Bertz CT molecular complexity index is 416. The molecule has 0 aliphatic heterocycles. The first-order valence-electron chi connectivity index (χ1n) is 8.80. The first kappa shape index (κ1) is 16.5. The van der Waals surface area contributed by atoms with Gasteiger partial charge in [-0.05, 0) is 62.8 Å². The number of nitrogens with two attached hydrogens (primary N) is 1. The number of rotatable bonds is 6. The zero-order valence-electron chi connectivity index (χ0n) is 14.3. The first-order valence-corrected chi connectivity index (χ1v) is 8.80. The number of hydrogen-bond donors (Lipinski definition) is 1. The van der Waals surface area contributed by atoms with Gasteiger partial charge in [0.25, 0.3) is 0 Å². The summed E-state index contributed by atoms with van der Waals surface area (Å²) in [6.07, 6.45) is 9.47. The van der Waals surface area contributed by atoms with E-state index in [1.807, 2.05) is 0 Å². The van der Waals surface area contributed by atoms with Crippen molar-refractivity contribution in [2.75, 3.05) is 0 Å². The van der Waals surface area contributed by atoms with Crippen molar-refractivity contribution in [2.24, 2.45) is 23.5 Å². The fourth-order valence-electron chi connectivity index (χ4n) is 3.57. The highest BCUT2D eigenvalue weighted by Gasteiger charge is 2.27. The molecular weight excluding hydrogens is 258 g/mol. The molecule has 1 aromatic rings. The van der Waals surface area contributed by atoms with Crippen molar-refractivity contribution in [3.05, 3.63) is 18.0 Å². The summed E-state index contributed by atoms with van der Waals surface area (Å²) < 4.78 is 2.08. The molecule has 1 aliphatic carbocycles. The average molecular weight is 291 g/mol. The molecule has 3 heteroatoms. The molecule has 1 aliphatic rings. The van der Waals surface area contributed by atoms with Gasteiger partial charge in [-0.15, -0.1) is 0 Å². The normalized spacial score (nSPS) is 26.0. The van der Waals surface area contributed by atoms with Crippen LogP contribution in [0.1, 0.15) is 71.5 Å². The molecule has 1 fully saturated rings. The van der Waals surface area contributed by atoms with Gasteiger partial charge in [-0.25, -0.2) is 0 Å². The highest BCUT2D eigenvalue weighted by molar-refractivity contribution is 5.03. The van der Waals surface area contributed by atoms with Crippen LogP contribution in [0.15, 0.2) is 12.3 Å². The number of aromatic nitrogens is 2. The van der Waals surface area contributed by atoms with E-state index in [1.54, 1.807) is 0 Å². The van der Waals surface area contributed by atoms with Crippen LogP contribution < -0.4 is 5.73 Å². The monoisotopic (exact) mass is 291 g/mol. The lowest BCUT2D eigenvalue weighted by Gasteiger charge is -2.33. The summed E-state index contributed by atoms with van der Waals surface area (Å²) >= 11 is 0. The van der Waals surface area contributed by atoms with E-state index < -0.39 is 0 Å². The molecule has 1 heterocycles. The molecule has 1 saturated carbocycles. The molecule has 0 spiro atoms. The van der Waals surface area contributed by atoms with Gasteiger partial charge < -0.3 is 5.73 Å². The van der Waals surface area contributed by atoms with Crippen molar-refractivity contribution in [1.29, 1.82) is 0 Å². The summed E-state index contributed by atoms with van der Waals surface area (Å²) in [5.74, 6) is 2.43. The maximum absolute atomic E-state index is 6.47. The molecule has 2 atom stereocenters. The van der Waals surface area contributed by atoms with Crippen LogP contribution in [0.5, 0.6) is 0 Å². The van der Waals surface area contributed by atoms with Gasteiger partial charge in [0.15, 0.2) is 0 Å². The molecule has 1 aromatic heterocycles. The van der Waals surface area contributed by atoms with E-state index in [4.69, 9.17) is 10.8 Å².